The highest BCUT2D eigenvalue weighted by atomic mass is 79.9. The molecular weight excluding hydrogens is 328 g/mol. The summed E-state index contributed by atoms with van der Waals surface area (Å²) < 4.78 is 1.05. The molecule has 1 aromatic heterocycles. The number of anilines is 3. The maximum absolute atomic E-state index is 4.62. The van der Waals surface area contributed by atoms with Crippen LogP contribution in [0.2, 0.25) is 0 Å². The molecule has 0 spiro atoms. The highest BCUT2D eigenvalue weighted by molar-refractivity contribution is 9.10. The van der Waals surface area contributed by atoms with E-state index in [-0.39, 0.29) is 0 Å². The van der Waals surface area contributed by atoms with Gasteiger partial charge in [0.05, 0.1) is 0 Å². The molecule has 21 heavy (non-hydrogen) atoms. The Kier molecular flexibility index (Phi) is 5.17. The van der Waals surface area contributed by atoms with Crippen molar-refractivity contribution in [2.45, 2.75) is 34.1 Å². The van der Waals surface area contributed by atoms with Gasteiger partial charge in [0.25, 0.3) is 0 Å². The van der Waals surface area contributed by atoms with Gasteiger partial charge in [0.1, 0.15) is 17.5 Å². The van der Waals surface area contributed by atoms with E-state index in [0.717, 1.165) is 46.1 Å². The fourth-order valence-electron chi connectivity index (χ4n) is 2.04. The quantitative estimate of drug-likeness (QED) is 0.829. The van der Waals surface area contributed by atoms with Gasteiger partial charge in [0.15, 0.2) is 0 Å². The standard InChI is InChI=1S/C16H21BrN4/c1-5-14-20-15(18-6-2)11(4)16(21-14)19-13-9-12(17)8-7-10(13)3/h7-9H,5-6H2,1-4H3,(H2,18,19,20,21). The number of hydrogen-bond donors (Lipinski definition) is 2. The average Bonchev–Trinajstić information content (AvgIpc) is 2.47. The van der Waals surface area contributed by atoms with Crippen molar-refractivity contribution in [3.8, 4) is 0 Å². The number of aryl methyl sites for hydroxylation is 2. The SMILES string of the molecule is CCNc1nc(CC)nc(Nc2cc(Br)ccc2C)c1C. The van der Waals surface area contributed by atoms with E-state index >= 15 is 0 Å². The van der Waals surface area contributed by atoms with Crippen molar-refractivity contribution >= 4 is 33.3 Å². The first-order valence-corrected chi connectivity index (χ1v) is 7.99. The second-order valence-corrected chi connectivity index (χ2v) is 5.85. The molecule has 0 fully saturated rings. The molecule has 0 aliphatic carbocycles. The monoisotopic (exact) mass is 348 g/mol. The first-order valence-electron chi connectivity index (χ1n) is 7.19. The van der Waals surface area contributed by atoms with Crippen LogP contribution in [0.5, 0.6) is 0 Å². The van der Waals surface area contributed by atoms with Crippen molar-refractivity contribution in [2.75, 3.05) is 17.2 Å². The zero-order chi connectivity index (χ0) is 15.4. The molecule has 0 saturated heterocycles. The predicted octanol–water partition coefficient (Wildman–Crippen LogP) is 4.59. The Hall–Kier alpha value is -1.62. The van der Waals surface area contributed by atoms with Gasteiger partial charge in [-0.15, -0.1) is 0 Å². The van der Waals surface area contributed by atoms with Gasteiger partial charge in [0.2, 0.25) is 0 Å². The lowest BCUT2D eigenvalue weighted by Gasteiger charge is -2.15. The molecule has 1 aromatic carbocycles. The van der Waals surface area contributed by atoms with E-state index < -0.39 is 0 Å². The highest BCUT2D eigenvalue weighted by Gasteiger charge is 2.11. The molecule has 0 atom stereocenters. The maximum atomic E-state index is 4.62. The average molecular weight is 349 g/mol. The second kappa shape index (κ2) is 6.89. The largest absolute Gasteiger partial charge is 0.370 e. The van der Waals surface area contributed by atoms with Crippen LogP contribution in [0.4, 0.5) is 17.3 Å². The molecule has 0 bridgehead atoms. The smallest absolute Gasteiger partial charge is 0.139 e. The molecule has 0 aliphatic rings. The number of nitrogens with one attached hydrogen (secondary N) is 2. The summed E-state index contributed by atoms with van der Waals surface area (Å²) in [5.74, 6) is 2.60. The topological polar surface area (TPSA) is 49.8 Å². The van der Waals surface area contributed by atoms with E-state index in [0.29, 0.717) is 0 Å². The molecule has 0 amide bonds. The lowest BCUT2D eigenvalue weighted by atomic mass is 10.2. The number of halogens is 1. The minimum atomic E-state index is 0.810. The van der Waals surface area contributed by atoms with Crippen LogP contribution in [0.1, 0.15) is 30.8 Å². The van der Waals surface area contributed by atoms with E-state index in [1.807, 2.05) is 13.0 Å². The van der Waals surface area contributed by atoms with Crippen molar-refractivity contribution in [2.24, 2.45) is 0 Å². The van der Waals surface area contributed by atoms with Gasteiger partial charge in [-0.05, 0) is 38.5 Å². The van der Waals surface area contributed by atoms with Crippen molar-refractivity contribution in [1.82, 2.24) is 9.97 Å². The fraction of sp³-hybridized carbons (Fsp3) is 0.375. The van der Waals surface area contributed by atoms with Gasteiger partial charge in [-0.3, -0.25) is 0 Å². The zero-order valence-corrected chi connectivity index (χ0v) is 14.5. The third-order valence-corrected chi connectivity index (χ3v) is 3.80. The Labute approximate surface area is 134 Å². The number of rotatable bonds is 5. The molecule has 5 heteroatoms. The van der Waals surface area contributed by atoms with Crippen LogP contribution in [-0.2, 0) is 6.42 Å². The summed E-state index contributed by atoms with van der Waals surface area (Å²) in [6, 6.07) is 6.18. The summed E-state index contributed by atoms with van der Waals surface area (Å²) in [6.07, 6.45) is 0.810. The molecule has 0 unspecified atom stereocenters. The van der Waals surface area contributed by atoms with E-state index in [1.54, 1.807) is 0 Å². The van der Waals surface area contributed by atoms with Crippen LogP contribution >= 0.6 is 15.9 Å². The Morgan fingerprint density at radius 2 is 1.81 bits per heavy atom. The van der Waals surface area contributed by atoms with Gasteiger partial charge < -0.3 is 10.6 Å². The van der Waals surface area contributed by atoms with Crippen LogP contribution < -0.4 is 10.6 Å². The summed E-state index contributed by atoms with van der Waals surface area (Å²) in [6.45, 7) is 9.09. The van der Waals surface area contributed by atoms with Gasteiger partial charge >= 0.3 is 0 Å². The summed E-state index contributed by atoms with van der Waals surface area (Å²) in [5.41, 5.74) is 3.27. The normalized spacial score (nSPS) is 10.5. The molecular formula is C16H21BrN4. The lowest BCUT2D eigenvalue weighted by Crippen LogP contribution is -2.09. The van der Waals surface area contributed by atoms with Gasteiger partial charge in [-0.2, -0.15) is 0 Å². The van der Waals surface area contributed by atoms with Crippen molar-refractivity contribution in [3.63, 3.8) is 0 Å². The van der Waals surface area contributed by atoms with E-state index in [9.17, 15) is 0 Å². The van der Waals surface area contributed by atoms with Crippen molar-refractivity contribution < 1.29 is 0 Å². The molecule has 0 aliphatic heterocycles. The van der Waals surface area contributed by atoms with Crippen LogP contribution in [0.3, 0.4) is 0 Å². The van der Waals surface area contributed by atoms with E-state index in [2.05, 4.69) is 69.4 Å². The number of hydrogen-bond acceptors (Lipinski definition) is 4. The Bertz CT molecular complexity index is 640. The van der Waals surface area contributed by atoms with E-state index in [1.165, 1.54) is 5.56 Å². The van der Waals surface area contributed by atoms with E-state index in [4.69, 9.17) is 0 Å². The first-order chi connectivity index (χ1) is 10.0. The molecule has 112 valence electrons. The number of benzene rings is 1. The Morgan fingerprint density at radius 1 is 1.10 bits per heavy atom. The van der Waals surface area contributed by atoms with Crippen LogP contribution in [-0.4, -0.2) is 16.5 Å². The zero-order valence-electron chi connectivity index (χ0n) is 12.9. The number of aromatic nitrogens is 2. The maximum Gasteiger partial charge on any atom is 0.139 e. The molecule has 1 heterocycles. The van der Waals surface area contributed by atoms with Crippen LogP contribution in [0.15, 0.2) is 22.7 Å². The van der Waals surface area contributed by atoms with Gasteiger partial charge in [-0.25, -0.2) is 9.97 Å². The molecule has 2 N–H and O–H groups in total. The molecule has 2 aromatic rings. The van der Waals surface area contributed by atoms with Crippen LogP contribution in [0.25, 0.3) is 0 Å². The first kappa shape index (κ1) is 15.8. The molecule has 0 radical (unpaired) electrons. The lowest BCUT2D eigenvalue weighted by molar-refractivity contribution is 0.929. The van der Waals surface area contributed by atoms with Gasteiger partial charge in [0, 0.05) is 28.7 Å². The van der Waals surface area contributed by atoms with Crippen LogP contribution in [0, 0.1) is 13.8 Å². The third kappa shape index (κ3) is 3.73. The minimum absolute atomic E-state index is 0.810. The summed E-state index contributed by atoms with van der Waals surface area (Å²) >= 11 is 3.51. The molecule has 2 rings (SSSR count). The summed E-state index contributed by atoms with van der Waals surface area (Å²) in [5, 5.41) is 6.74. The summed E-state index contributed by atoms with van der Waals surface area (Å²) in [7, 11) is 0. The summed E-state index contributed by atoms with van der Waals surface area (Å²) in [4.78, 5) is 9.17. The molecule has 0 saturated carbocycles. The van der Waals surface area contributed by atoms with Crippen molar-refractivity contribution in [3.05, 3.63) is 39.6 Å². The Balaban J connectivity index is 2.43. The Morgan fingerprint density at radius 3 is 2.48 bits per heavy atom. The second-order valence-electron chi connectivity index (χ2n) is 4.93. The molecule has 4 nitrogen and oxygen atoms in total. The number of nitrogens with zero attached hydrogens (tertiary/aromatic N) is 2. The third-order valence-electron chi connectivity index (χ3n) is 3.31. The minimum Gasteiger partial charge on any atom is -0.370 e. The fourth-order valence-corrected chi connectivity index (χ4v) is 2.40. The van der Waals surface area contributed by atoms with Crippen molar-refractivity contribution in [1.29, 1.82) is 0 Å². The highest BCUT2D eigenvalue weighted by Crippen LogP contribution is 2.27. The predicted molar refractivity (Wildman–Crippen MR) is 92.5 cm³/mol. The van der Waals surface area contributed by atoms with Gasteiger partial charge in [-0.1, -0.05) is 28.9 Å².